The molecule has 0 aromatic carbocycles. The predicted octanol–water partition coefficient (Wildman–Crippen LogP) is 2.50. The summed E-state index contributed by atoms with van der Waals surface area (Å²) in [4.78, 5) is 15.5. The molecule has 16 heavy (non-hydrogen) atoms. The quantitative estimate of drug-likeness (QED) is 0.778. The number of halogens is 2. The van der Waals surface area contributed by atoms with E-state index in [1.165, 1.54) is 10.9 Å². The third-order valence-corrected chi connectivity index (χ3v) is 2.79. The van der Waals surface area contributed by atoms with Gasteiger partial charge in [-0.3, -0.25) is 9.36 Å². The Morgan fingerprint density at radius 1 is 1.44 bits per heavy atom. The minimum absolute atomic E-state index is 0.0125. The lowest BCUT2D eigenvalue weighted by molar-refractivity contribution is 0.465. The third-order valence-electron chi connectivity index (χ3n) is 2.06. The van der Waals surface area contributed by atoms with Crippen molar-refractivity contribution in [2.24, 2.45) is 0 Å². The van der Waals surface area contributed by atoms with Crippen LogP contribution in [0.3, 0.4) is 0 Å². The van der Waals surface area contributed by atoms with E-state index in [0.29, 0.717) is 5.76 Å². The van der Waals surface area contributed by atoms with Crippen molar-refractivity contribution in [3.05, 3.63) is 50.5 Å². The van der Waals surface area contributed by atoms with Crippen molar-refractivity contribution in [1.29, 1.82) is 0 Å². The van der Waals surface area contributed by atoms with E-state index in [-0.39, 0.29) is 22.3 Å². The predicted molar refractivity (Wildman–Crippen MR) is 61.1 cm³/mol. The van der Waals surface area contributed by atoms with Crippen LogP contribution in [0.5, 0.6) is 0 Å². The van der Waals surface area contributed by atoms with Crippen LogP contribution < -0.4 is 5.56 Å². The van der Waals surface area contributed by atoms with Gasteiger partial charge >= 0.3 is 0 Å². The molecule has 0 aliphatic rings. The fourth-order valence-corrected chi connectivity index (χ4v) is 1.58. The highest BCUT2D eigenvalue weighted by molar-refractivity contribution is 6.40. The molecule has 0 saturated carbocycles. The van der Waals surface area contributed by atoms with Crippen LogP contribution in [0.1, 0.15) is 11.5 Å². The number of aromatic nitrogens is 2. The lowest BCUT2D eigenvalue weighted by Gasteiger charge is -2.03. The first-order valence-corrected chi connectivity index (χ1v) is 5.29. The standard InChI is InChI=1S/C10H8Cl2N2O2/c1-6-2-3-7(16-6)4-14-5-13-9(12)8(11)10(14)15/h2-3,5H,4H2,1H3. The smallest absolute Gasteiger partial charge is 0.274 e. The van der Waals surface area contributed by atoms with E-state index in [0.717, 1.165) is 5.76 Å². The Morgan fingerprint density at radius 3 is 2.81 bits per heavy atom. The van der Waals surface area contributed by atoms with Gasteiger partial charge in [0.25, 0.3) is 5.56 Å². The lowest BCUT2D eigenvalue weighted by atomic mass is 10.4. The first kappa shape index (κ1) is 11.2. The van der Waals surface area contributed by atoms with E-state index in [1.807, 2.05) is 13.0 Å². The summed E-state index contributed by atoms with van der Waals surface area (Å²) < 4.78 is 6.69. The van der Waals surface area contributed by atoms with Gasteiger partial charge in [-0.2, -0.15) is 0 Å². The summed E-state index contributed by atoms with van der Waals surface area (Å²) in [6.45, 7) is 2.12. The average Bonchev–Trinajstić information content (AvgIpc) is 2.65. The van der Waals surface area contributed by atoms with Crippen molar-refractivity contribution in [1.82, 2.24) is 9.55 Å². The molecule has 2 rings (SSSR count). The molecule has 0 bridgehead atoms. The maximum Gasteiger partial charge on any atom is 0.274 e. The summed E-state index contributed by atoms with van der Waals surface area (Å²) in [7, 11) is 0. The summed E-state index contributed by atoms with van der Waals surface area (Å²) in [6.07, 6.45) is 1.34. The van der Waals surface area contributed by atoms with Gasteiger partial charge in [0.1, 0.15) is 16.5 Å². The summed E-state index contributed by atoms with van der Waals surface area (Å²) in [5.74, 6) is 1.45. The van der Waals surface area contributed by atoms with Gasteiger partial charge in [0, 0.05) is 0 Å². The molecule has 4 nitrogen and oxygen atoms in total. The molecule has 6 heteroatoms. The van der Waals surface area contributed by atoms with Crippen LogP contribution in [-0.2, 0) is 6.54 Å². The number of rotatable bonds is 2. The highest BCUT2D eigenvalue weighted by Crippen LogP contribution is 2.13. The monoisotopic (exact) mass is 258 g/mol. The van der Waals surface area contributed by atoms with Gasteiger partial charge in [-0.25, -0.2) is 4.98 Å². The lowest BCUT2D eigenvalue weighted by Crippen LogP contribution is -2.21. The Labute approximate surface area is 101 Å². The summed E-state index contributed by atoms with van der Waals surface area (Å²) in [5, 5.41) is -0.0639. The Hall–Kier alpha value is -1.26. The Bertz CT molecular complexity index is 574. The van der Waals surface area contributed by atoms with Crippen LogP contribution in [0.4, 0.5) is 0 Å². The second kappa shape index (κ2) is 4.31. The molecule has 84 valence electrons. The van der Waals surface area contributed by atoms with Crippen LogP contribution in [0.2, 0.25) is 10.2 Å². The molecule has 0 aliphatic heterocycles. The van der Waals surface area contributed by atoms with Crippen molar-refractivity contribution >= 4 is 23.2 Å². The molecule has 0 radical (unpaired) electrons. The van der Waals surface area contributed by atoms with Gasteiger partial charge in [-0.05, 0) is 19.1 Å². The van der Waals surface area contributed by atoms with Crippen LogP contribution in [0.15, 0.2) is 27.7 Å². The largest absolute Gasteiger partial charge is 0.464 e. The van der Waals surface area contributed by atoms with Crippen molar-refractivity contribution in [3.8, 4) is 0 Å². The number of furan rings is 1. The first-order valence-electron chi connectivity index (χ1n) is 4.53. The van der Waals surface area contributed by atoms with E-state index < -0.39 is 0 Å². The molecular weight excluding hydrogens is 251 g/mol. The topological polar surface area (TPSA) is 48.0 Å². The molecule has 0 fully saturated rings. The molecule has 0 aliphatic carbocycles. The zero-order chi connectivity index (χ0) is 11.7. The van der Waals surface area contributed by atoms with E-state index in [1.54, 1.807) is 6.07 Å². The molecule has 2 aromatic rings. The number of nitrogens with zero attached hydrogens (tertiary/aromatic N) is 2. The van der Waals surface area contributed by atoms with Crippen molar-refractivity contribution in [2.75, 3.05) is 0 Å². The van der Waals surface area contributed by atoms with Gasteiger partial charge in [-0.1, -0.05) is 23.2 Å². The van der Waals surface area contributed by atoms with Gasteiger partial charge in [0.15, 0.2) is 5.15 Å². The normalized spacial score (nSPS) is 10.7. The second-order valence-corrected chi connectivity index (χ2v) is 4.03. The Morgan fingerprint density at radius 2 is 2.19 bits per heavy atom. The minimum Gasteiger partial charge on any atom is -0.464 e. The van der Waals surface area contributed by atoms with Gasteiger partial charge in [0.05, 0.1) is 12.9 Å². The van der Waals surface area contributed by atoms with Gasteiger partial charge < -0.3 is 4.42 Å². The van der Waals surface area contributed by atoms with Crippen molar-refractivity contribution in [3.63, 3.8) is 0 Å². The summed E-state index contributed by atoms with van der Waals surface area (Å²) in [5.41, 5.74) is -0.379. The summed E-state index contributed by atoms with van der Waals surface area (Å²) in [6, 6.07) is 3.62. The Kier molecular flexibility index (Phi) is 3.03. The van der Waals surface area contributed by atoms with Gasteiger partial charge in [-0.15, -0.1) is 0 Å². The van der Waals surface area contributed by atoms with E-state index in [4.69, 9.17) is 27.6 Å². The maximum atomic E-state index is 11.7. The van der Waals surface area contributed by atoms with E-state index in [2.05, 4.69) is 4.98 Å². The highest BCUT2D eigenvalue weighted by Gasteiger charge is 2.08. The average molecular weight is 259 g/mol. The number of hydrogen-bond donors (Lipinski definition) is 0. The second-order valence-electron chi connectivity index (χ2n) is 3.29. The number of hydrogen-bond acceptors (Lipinski definition) is 3. The number of aryl methyl sites for hydroxylation is 1. The molecule has 0 saturated heterocycles. The Balaban J connectivity index is 2.36. The zero-order valence-electron chi connectivity index (χ0n) is 8.41. The molecular formula is C10H8Cl2N2O2. The van der Waals surface area contributed by atoms with Crippen LogP contribution in [0.25, 0.3) is 0 Å². The van der Waals surface area contributed by atoms with E-state index in [9.17, 15) is 4.79 Å². The molecule has 0 unspecified atom stereocenters. The maximum absolute atomic E-state index is 11.7. The van der Waals surface area contributed by atoms with Gasteiger partial charge in [0.2, 0.25) is 0 Å². The highest BCUT2D eigenvalue weighted by atomic mass is 35.5. The van der Waals surface area contributed by atoms with Crippen LogP contribution >= 0.6 is 23.2 Å². The van der Waals surface area contributed by atoms with Crippen LogP contribution in [0, 0.1) is 6.92 Å². The first-order chi connectivity index (χ1) is 7.58. The fraction of sp³-hybridized carbons (Fsp3) is 0.200. The molecule has 2 aromatic heterocycles. The molecule has 0 amide bonds. The van der Waals surface area contributed by atoms with E-state index >= 15 is 0 Å². The van der Waals surface area contributed by atoms with Crippen molar-refractivity contribution in [2.45, 2.75) is 13.5 Å². The SMILES string of the molecule is Cc1ccc(Cn2cnc(Cl)c(Cl)c2=O)o1. The van der Waals surface area contributed by atoms with Crippen molar-refractivity contribution < 1.29 is 4.42 Å². The molecule has 2 heterocycles. The minimum atomic E-state index is -0.379. The molecule has 0 atom stereocenters. The zero-order valence-corrected chi connectivity index (χ0v) is 9.92. The third kappa shape index (κ3) is 2.13. The molecule has 0 N–H and O–H groups in total. The molecule has 0 spiro atoms. The summed E-state index contributed by atoms with van der Waals surface area (Å²) >= 11 is 11.3. The van der Waals surface area contributed by atoms with Crippen LogP contribution in [-0.4, -0.2) is 9.55 Å². The fourth-order valence-electron chi connectivity index (χ4n) is 1.29.